The van der Waals surface area contributed by atoms with Crippen LogP contribution in [0.2, 0.25) is 12.6 Å². The molecule has 1 heterocycles. The predicted molar refractivity (Wildman–Crippen MR) is 152 cm³/mol. The van der Waals surface area contributed by atoms with Gasteiger partial charge in [0.05, 0.1) is 17.7 Å². The van der Waals surface area contributed by atoms with Crippen molar-refractivity contribution in [1.29, 1.82) is 10.5 Å². The summed E-state index contributed by atoms with van der Waals surface area (Å²) < 4.78 is 25.4. The molecule has 1 saturated heterocycles. The smallest absolute Gasteiger partial charge is 0.267 e. The zero-order valence-corrected chi connectivity index (χ0v) is 22.8. The van der Waals surface area contributed by atoms with Gasteiger partial charge in [0.25, 0.3) is 6.71 Å². The van der Waals surface area contributed by atoms with Crippen molar-refractivity contribution in [2.45, 2.75) is 38.8 Å². The zero-order valence-electron chi connectivity index (χ0n) is 22.0. The molecule has 0 unspecified atom stereocenters. The van der Waals surface area contributed by atoms with Crippen LogP contribution in [0.25, 0.3) is 0 Å². The van der Waals surface area contributed by atoms with Gasteiger partial charge in [0, 0.05) is 43.8 Å². The first-order valence-corrected chi connectivity index (χ1v) is 13.4. The fourth-order valence-corrected chi connectivity index (χ4v) is 4.71. The Morgan fingerprint density at radius 2 is 2.03 bits per heavy atom. The molecule has 11 heteroatoms. The predicted octanol–water partition coefficient (Wildman–Crippen LogP) is 6.18. The third kappa shape index (κ3) is 7.98. The summed E-state index contributed by atoms with van der Waals surface area (Å²) in [4.78, 5) is 18.2. The van der Waals surface area contributed by atoms with Gasteiger partial charge in [-0.15, -0.1) is 0 Å². The van der Waals surface area contributed by atoms with Gasteiger partial charge >= 0.3 is 0 Å². The van der Waals surface area contributed by atoms with Gasteiger partial charge in [0.1, 0.15) is 17.4 Å². The van der Waals surface area contributed by atoms with Crippen LogP contribution < -0.4 is 9.46 Å². The summed E-state index contributed by atoms with van der Waals surface area (Å²) in [6, 6.07) is 9.43. The summed E-state index contributed by atoms with van der Waals surface area (Å²) in [5, 5.41) is 18.7. The lowest BCUT2D eigenvalue weighted by Gasteiger charge is -2.24. The molecule has 0 amide bonds. The van der Waals surface area contributed by atoms with Crippen LogP contribution in [0.5, 0.6) is 11.5 Å². The monoisotopic (exact) mass is 534 g/mol. The summed E-state index contributed by atoms with van der Waals surface area (Å²) in [7, 11) is 3.82. The van der Waals surface area contributed by atoms with E-state index in [-0.39, 0.29) is 29.3 Å². The van der Waals surface area contributed by atoms with Crippen molar-refractivity contribution in [2.24, 2.45) is 10.9 Å². The van der Waals surface area contributed by atoms with Crippen LogP contribution in [0.15, 0.2) is 35.3 Å². The molecular formula is C27H32BFN6O2S. The number of hydrogen-bond acceptors (Lipinski definition) is 8. The first kappa shape index (κ1) is 29.0. The Kier molecular flexibility index (Phi) is 11.0. The Bertz CT molecular complexity index is 1220. The van der Waals surface area contributed by atoms with Crippen LogP contribution >= 0.6 is 12.1 Å². The number of carbonyl (C=O) groups excluding carboxylic acids is 1. The highest BCUT2D eigenvalue weighted by Crippen LogP contribution is 2.35. The molecule has 2 aromatic carbocycles. The van der Waals surface area contributed by atoms with E-state index in [1.165, 1.54) is 30.3 Å². The Hall–Kier alpha value is -3.54. The lowest BCUT2D eigenvalue weighted by Crippen LogP contribution is -2.24. The molecule has 0 bridgehead atoms. The molecule has 0 atom stereocenters. The summed E-state index contributed by atoms with van der Waals surface area (Å²) in [6.07, 6.45) is 7.52. The van der Waals surface area contributed by atoms with E-state index < -0.39 is 5.82 Å². The number of aliphatic imine (C=N–C) groups is 1. The number of carbonyl (C=O) groups is 1. The Balaban J connectivity index is 1.67. The van der Waals surface area contributed by atoms with Crippen molar-refractivity contribution in [3.63, 3.8) is 0 Å². The van der Waals surface area contributed by atoms with Crippen molar-refractivity contribution in [3.8, 4) is 23.5 Å². The van der Waals surface area contributed by atoms with Crippen LogP contribution in [-0.2, 0) is 0 Å². The Morgan fingerprint density at radius 1 is 1.26 bits per heavy atom. The van der Waals surface area contributed by atoms with E-state index in [4.69, 9.17) is 10.00 Å². The number of nitrogens with zero attached hydrogens (tertiary/aromatic N) is 5. The number of benzene rings is 2. The van der Waals surface area contributed by atoms with Gasteiger partial charge in [-0.2, -0.15) is 5.26 Å². The Morgan fingerprint density at radius 3 is 2.68 bits per heavy atom. The summed E-state index contributed by atoms with van der Waals surface area (Å²) in [5.41, 5.74) is 1.20. The van der Waals surface area contributed by atoms with E-state index in [0.29, 0.717) is 23.6 Å². The van der Waals surface area contributed by atoms with E-state index in [0.717, 1.165) is 45.0 Å². The maximum Gasteiger partial charge on any atom is 0.267 e. The highest BCUT2D eigenvalue weighted by Gasteiger charge is 2.24. The van der Waals surface area contributed by atoms with Gasteiger partial charge in [-0.3, -0.25) is 4.79 Å². The number of rotatable bonds is 12. The molecule has 0 saturated carbocycles. The molecule has 1 aliphatic rings. The number of halogens is 1. The maximum absolute atomic E-state index is 14.6. The first-order chi connectivity index (χ1) is 18.4. The van der Waals surface area contributed by atoms with Crippen molar-refractivity contribution < 1.29 is 13.9 Å². The number of nitriles is 2. The third-order valence-electron chi connectivity index (χ3n) is 6.64. The lowest BCUT2D eigenvalue weighted by molar-refractivity contribution is 0.112. The maximum atomic E-state index is 14.6. The fraction of sp³-hybridized carbons (Fsp3) is 0.407. The van der Waals surface area contributed by atoms with Crippen molar-refractivity contribution >= 4 is 42.8 Å². The Labute approximate surface area is 228 Å². The van der Waals surface area contributed by atoms with E-state index in [1.807, 2.05) is 36.3 Å². The van der Waals surface area contributed by atoms with Crippen molar-refractivity contribution in [3.05, 3.63) is 47.3 Å². The van der Waals surface area contributed by atoms with E-state index in [9.17, 15) is 14.4 Å². The SMILES string of the molecule is CCN(C)SNc1ccc(F)c(Oc2ccc(N=CN(C)CCC3CCB(C#N)CC3)c(C=O)c2)c1C#N. The summed E-state index contributed by atoms with van der Waals surface area (Å²) in [5.74, 6) is 2.32. The summed E-state index contributed by atoms with van der Waals surface area (Å²) >= 11 is 1.28. The van der Waals surface area contributed by atoms with Gasteiger partial charge in [-0.1, -0.05) is 32.4 Å². The highest BCUT2D eigenvalue weighted by atomic mass is 32.2. The highest BCUT2D eigenvalue weighted by molar-refractivity contribution is 7.98. The van der Waals surface area contributed by atoms with Gasteiger partial charge in [0.2, 0.25) is 0 Å². The van der Waals surface area contributed by atoms with E-state index in [1.54, 1.807) is 18.5 Å². The number of ether oxygens (including phenoxy) is 1. The number of anilines is 1. The second-order valence-corrected chi connectivity index (χ2v) is 10.4. The molecule has 0 radical (unpaired) electrons. The van der Waals surface area contributed by atoms with E-state index in [2.05, 4.69) is 15.7 Å². The minimum Gasteiger partial charge on any atom is -0.453 e. The van der Waals surface area contributed by atoms with Crippen LogP contribution in [0.1, 0.15) is 42.1 Å². The van der Waals surface area contributed by atoms with E-state index >= 15 is 0 Å². The molecule has 0 aromatic heterocycles. The van der Waals surface area contributed by atoms with Gasteiger partial charge in [-0.05, 0) is 49.7 Å². The van der Waals surface area contributed by atoms with Gasteiger partial charge in [0.15, 0.2) is 17.9 Å². The van der Waals surface area contributed by atoms with Crippen LogP contribution in [-0.4, -0.2) is 55.7 Å². The molecule has 8 nitrogen and oxygen atoms in total. The number of aldehydes is 1. The molecule has 38 heavy (non-hydrogen) atoms. The normalized spacial score (nSPS) is 13.8. The fourth-order valence-electron chi connectivity index (χ4n) is 4.16. The second kappa shape index (κ2) is 14.4. The molecule has 2 aromatic rings. The topological polar surface area (TPSA) is 105 Å². The largest absolute Gasteiger partial charge is 0.453 e. The van der Waals surface area contributed by atoms with Crippen LogP contribution in [0, 0.1) is 34.3 Å². The quantitative estimate of drug-likeness (QED) is 0.113. The average molecular weight is 534 g/mol. The van der Waals surface area contributed by atoms with Crippen LogP contribution in [0.3, 0.4) is 0 Å². The van der Waals surface area contributed by atoms with Gasteiger partial charge in [-0.25, -0.2) is 18.9 Å². The molecule has 1 aliphatic heterocycles. The third-order valence-corrected chi connectivity index (χ3v) is 7.52. The standard InChI is InChI=1S/C27H32BFN6O2S/c1-4-35(3)38-33-26-8-6-24(29)27(23(26)16-30)37-22-5-7-25(21(15-22)17-36)32-19-34(2)14-11-20-9-12-28(18-31)13-10-20/h5-8,15,17,19-20,33H,4,9-14H2,1-3H3. The van der Waals surface area contributed by atoms with Crippen molar-refractivity contribution in [1.82, 2.24) is 9.21 Å². The minimum absolute atomic E-state index is 0.0273. The molecule has 198 valence electrons. The number of hydrogen-bond donors (Lipinski definition) is 1. The van der Waals surface area contributed by atoms with Gasteiger partial charge < -0.3 is 14.4 Å². The first-order valence-electron chi connectivity index (χ1n) is 12.7. The van der Waals surface area contributed by atoms with Crippen molar-refractivity contribution in [2.75, 3.05) is 31.9 Å². The molecule has 0 spiro atoms. The zero-order chi connectivity index (χ0) is 27.5. The molecule has 1 N–H and O–H groups in total. The number of nitrogens with one attached hydrogen (secondary N) is 1. The second-order valence-electron chi connectivity index (χ2n) is 9.35. The molecular weight excluding hydrogens is 502 g/mol. The average Bonchev–Trinajstić information content (AvgIpc) is 2.95. The molecule has 0 aliphatic carbocycles. The summed E-state index contributed by atoms with van der Waals surface area (Å²) in [6.45, 7) is 3.79. The van der Waals surface area contributed by atoms with Crippen LogP contribution in [0.4, 0.5) is 15.8 Å². The lowest BCUT2D eigenvalue weighted by atomic mass is 9.41. The molecule has 1 fully saturated rings. The molecule has 3 rings (SSSR count). The minimum atomic E-state index is -0.682.